The van der Waals surface area contributed by atoms with Crippen LogP contribution in [-0.2, 0) is 11.2 Å². The highest BCUT2D eigenvalue weighted by atomic mass is 35.5. The Morgan fingerprint density at radius 1 is 1.33 bits per heavy atom. The predicted octanol–water partition coefficient (Wildman–Crippen LogP) is 3.69. The molecule has 0 aromatic heterocycles. The molecule has 18 heavy (non-hydrogen) atoms. The van der Waals surface area contributed by atoms with Gasteiger partial charge >= 0.3 is 0 Å². The van der Waals surface area contributed by atoms with Gasteiger partial charge in [0.25, 0.3) is 0 Å². The Balaban J connectivity index is 2.70. The van der Waals surface area contributed by atoms with E-state index in [1.54, 1.807) is 0 Å². The zero-order valence-corrected chi connectivity index (χ0v) is 12.3. The summed E-state index contributed by atoms with van der Waals surface area (Å²) in [5.74, 6) is 0.310. The van der Waals surface area contributed by atoms with Crippen molar-refractivity contribution in [1.29, 1.82) is 0 Å². The molecule has 1 aromatic rings. The predicted molar refractivity (Wildman–Crippen MR) is 76.9 cm³/mol. The number of halogens is 1. The molecule has 100 valence electrons. The van der Waals surface area contributed by atoms with E-state index in [-0.39, 0.29) is 11.9 Å². The number of alkyl halides is 1. The Labute approximate surface area is 115 Å². The fraction of sp³-hybridized carbons (Fsp3) is 0.533. The van der Waals surface area contributed by atoms with E-state index < -0.39 is 5.41 Å². The molecule has 1 unspecified atom stereocenters. The molecule has 0 saturated carbocycles. The largest absolute Gasteiger partial charge is 0.349 e. The lowest BCUT2D eigenvalue weighted by Gasteiger charge is -2.24. The van der Waals surface area contributed by atoms with Crippen LogP contribution in [0.1, 0.15) is 44.9 Å². The molecule has 0 bridgehead atoms. The number of nitrogens with one attached hydrogen (secondary N) is 1. The third kappa shape index (κ3) is 3.74. The minimum atomic E-state index is -0.529. The maximum atomic E-state index is 12.0. The number of aryl methyl sites for hydroxylation is 1. The summed E-state index contributed by atoms with van der Waals surface area (Å²) in [6, 6.07) is 8.34. The van der Waals surface area contributed by atoms with E-state index in [0.717, 1.165) is 12.0 Å². The van der Waals surface area contributed by atoms with Crippen LogP contribution in [0.25, 0.3) is 0 Å². The van der Waals surface area contributed by atoms with Crippen molar-refractivity contribution in [3.8, 4) is 0 Å². The fourth-order valence-corrected chi connectivity index (χ4v) is 1.70. The van der Waals surface area contributed by atoms with Gasteiger partial charge in [-0.15, -0.1) is 11.6 Å². The summed E-state index contributed by atoms with van der Waals surface area (Å²) in [7, 11) is 0. The van der Waals surface area contributed by atoms with Gasteiger partial charge in [-0.25, -0.2) is 0 Å². The van der Waals surface area contributed by atoms with Crippen molar-refractivity contribution in [2.45, 2.75) is 40.2 Å². The molecule has 0 heterocycles. The molecule has 3 heteroatoms. The summed E-state index contributed by atoms with van der Waals surface area (Å²) in [6.45, 7) is 7.82. The van der Waals surface area contributed by atoms with Crippen LogP contribution >= 0.6 is 11.6 Å². The van der Waals surface area contributed by atoms with E-state index >= 15 is 0 Å². The molecule has 0 spiro atoms. The molecule has 0 radical (unpaired) electrons. The van der Waals surface area contributed by atoms with Crippen molar-refractivity contribution in [2.24, 2.45) is 5.41 Å². The van der Waals surface area contributed by atoms with Gasteiger partial charge in [-0.2, -0.15) is 0 Å². The van der Waals surface area contributed by atoms with Crippen molar-refractivity contribution in [1.82, 2.24) is 5.32 Å². The van der Waals surface area contributed by atoms with Gasteiger partial charge in [0.15, 0.2) is 0 Å². The Bertz CT molecular complexity index is 397. The number of carbonyl (C=O) groups excluding carboxylic acids is 1. The second-order valence-electron chi connectivity index (χ2n) is 5.31. The Kier molecular flexibility index (Phi) is 5.21. The molecule has 0 fully saturated rings. The highest BCUT2D eigenvalue weighted by Gasteiger charge is 2.27. The van der Waals surface area contributed by atoms with Crippen molar-refractivity contribution in [2.75, 3.05) is 5.88 Å². The Morgan fingerprint density at radius 3 is 2.33 bits per heavy atom. The van der Waals surface area contributed by atoms with Crippen LogP contribution in [0, 0.1) is 5.41 Å². The summed E-state index contributed by atoms with van der Waals surface area (Å²) >= 11 is 5.80. The normalized spacial score (nSPS) is 13.2. The molecule has 0 aliphatic carbocycles. The van der Waals surface area contributed by atoms with Gasteiger partial charge in [-0.3, -0.25) is 4.79 Å². The molecule has 1 rings (SSSR count). The lowest BCUT2D eigenvalue weighted by atomic mass is 9.94. The van der Waals surface area contributed by atoms with Gasteiger partial charge in [-0.05, 0) is 38.3 Å². The van der Waals surface area contributed by atoms with E-state index in [1.165, 1.54) is 5.56 Å². The molecule has 0 aliphatic heterocycles. The summed E-state index contributed by atoms with van der Waals surface area (Å²) in [4.78, 5) is 12.0. The smallest absolute Gasteiger partial charge is 0.227 e. The minimum absolute atomic E-state index is 0.00546. The number of amides is 1. The molecule has 2 nitrogen and oxygen atoms in total. The standard InChI is InChI=1S/C15H22ClNO/c1-5-12-6-8-13(9-7-12)11(2)17-14(18)15(3,4)10-16/h6-9,11H,5,10H2,1-4H3,(H,17,18). The van der Waals surface area contributed by atoms with Gasteiger partial charge in [0, 0.05) is 5.88 Å². The van der Waals surface area contributed by atoms with Gasteiger partial charge in [0.1, 0.15) is 0 Å². The van der Waals surface area contributed by atoms with Gasteiger partial charge < -0.3 is 5.32 Å². The highest BCUT2D eigenvalue weighted by molar-refractivity contribution is 6.19. The van der Waals surface area contributed by atoms with Crippen molar-refractivity contribution in [3.63, 3.8) is 0 Å². The van der Waals surface area contributed by atoms with Crippen LogP contribution in [-0.4, -0.2) is 11.8 Å². The monoisotopic (exact) mass is 267 g/mol. The average molecular weight is 268 g/mol. The molecule has 1 aromatic carbocycles. The number of benzene rings is 1. The summed E-state index contributed by atoms with van der Waals surface area (Å²) < 4.78 is 0. The Hall–Kier alpha value is -1.02. The van der Waals surface area contributed by atoms with E-state index in [2.05, 4.69) is 36.5 Å². The van der Waals surface area contributed by atoms with Crippen molar-refractivity contribution >= 4 is 17.5 Å². The number of hydrogen-bond donors (Lipinski definition) is 1. The molecule has 1 N–H and O–H groups in total. The first-order chi connectivity index (χ1) is 8.40. The maximum absolute atomic E-state index is 12.0. The topological polar surface area (TPSA) is 29.1 Å². The average Bonchev–Trinajstić information content (AvgIpc) is 2.38. The Morgan fingerprint density at radius 2 is 1.89 bits per heavy atom. The van der Waals surface area contributed by atoms with Gasteiger partial charge in [0.05, 0.1) is 11.5 Å². The first-order valence-corrected chi connectivity index (χ1v) is 6.90. The summed E-state index contributed by atoms with van der Waals surface area (Å²) in [5, 5.41) is 3.00. The third-order valence-corrected chi connectivity index (χ3v) is 3.85. The molecule has 1 amide bonds. The fourth-order valence-electron chi connectivity index (χ4n) is 1.58. The van der Waals surface area contributed by atoms with Crippen LogP contribution in [0.15, 0.2) is 24.3 Å². The highest BCUT2D eigenvalue weighted by Crippen LogP contribution is 2.20. The second-order valence-corrected chi connectivity index (χ2v) is 5.58. The summed E-state index contributed by atoms with van der Waals surface area (Å²) in [6.07, 6.45) is 1.03. The van der Waals surface area contributed by atoms with E-state index in [0.29, 0.717) is 5.88 Å². The van der Waals surface area contributed by atoms with Crippen LogP contribution in [0.2, 0.25) is 0 Å². The maximum Gasteiger partial charge on any atom is 0.227 e. The van der Waals surface area contributed by atoms with Crippen LogP contribution < -0.4 is 5.32 Å². The first-order valence-electron chi connectivity index (χ1n) is 6.36. The van der Waals surface area contributed by atoms with Crippen molar-refractivity contribution in [3.05, 3.63) is 35.4 Å². The lowest BCUT2D eigenvalue weighted by molar-refractivity contribution is -0.129. The number of rotatable bonds is 5. The van der Waals surface area contributed by atoms with E-state index in [9.17, 15) is 4.79 Å². The van der Waals surface area contributed by atoms with Crippen molar-refractivity contribution < 1.29 is 4.79 Å². The second kappa shape index (κ2) is 6.24. The van der Waals surface area contributed by atoms with E-state index in [1.807, 2.05) is 20.8 Å². The van der Waals surface area contributed by atoms with Crippen LogP contribution in [0.5, 0.6) is 0 Å². The van der Waals surface area contributed by atoms with Gasteiger partial charge in [-0.1, -0.05) is 31.2 Å². The molecule has 1 atom stereocenters. The number of carbonyl (C=O) groups is 1. The van der Waals surface area contributed by atoms with E-state index in [4.69, 9.17) is 11.6 Å². The number of hydrogen-bond acceptors (Lipinski definition) is 1. The quantitative estimate of drug-likeness (QED) is 0.810. The van der Waals surface area contributed by atoms with Crippen LogP contribution in [0.4, 0.5) is 0 Å². The van der Waals surface area contributed by atoms with Gasteiger partial charge in [0.2, 0.25) is 5.91 Å². The third-order valence-electron chi connectivity index (χ3n) is 3.18. The molecule has 0 saturated heterocycles. The summed E-state index contributed by atoms with van der Waals surface area (Å²) in [5.41, 5.74) is 1.89. The molecular formula is C15H22ClNO. The zero-order valence-electron chi connectivity index (χ0n) is 11.6. The molecule has 0 aliphatic rings. The minimum Gasteiger partial charge on any atom is -0.349 e. The zero-order chi connectivity index (χ0) is 13.8. The lowest BCUT2D eigenvalue weighted by Crippen LogP contribution is -2.39. The first kappa shape index (κ1) is 15.0. The van der Waals surface area contributed by atoms with Crippen LogP contribution in [0.3, 0.4) is 0 Å². The SMILES string of the molecule is CCc1ccc(C(C)NC(=O)C(C)(C)CCl)cc1. The molecular weight excluding hydrogens is 246 g/mol.